The van der Waals surface area contributed by atoms with E-state index >= 15 is 0 Å². The summed E-state index contributed by atoms with van der Waals surface area (Å²) < 4.78 is 5.31. The number of carbonyl (C=O) groups excluding carboxylic acids is 1. The number of carbonyl (C=O) groups is 1. The largest absolute Gasteiger partial charge is 0.444 e. The molecule has 0 radical (unpaired) electrons. The van der Waals surface area contributed by atoms with Crippen LogP contribution in [0, 0.1) is 0 Å². The van der Waals surface area contributed by atoms with Gasteiger partial charge in [-0.1, -0.05) is 18.2 Å². The third-order valence-electron chi connectivity index (χ3n) is 3.26. The van der Waals surface area contributed by atoms with Gasteiger partial charge in [-0.3, -0.25) is 0 Å². The third-order valence-corrected chi connectivity index (χ3v) is 3.26. The van der Waals surface area contributed by atoms with Gasteiger partial charge in [0.2, 0.25) is 0 Å². The van der Waals surface area contributed by atoms with E-state index in [9.17, 15) is 4.79 Å². The molecule has 1 aliphatic heterocycles. The van der Waals surface area contributed by atoms with Gasteiger partial charge in [-0.25, -0.2) is 4.79 Å². The van der Waals surface area contributed by atoms with Crippen molar-refractivity contribution in [3.05, 3.63) is 30.3 Å². The van der Waals surface area contributed by atoms with Crippen LogP contribution in [0.25, 0.3) is 0 Å². The van der Waals surface area contributed by atoms with Gasteiger partial charge in [0, 0.05) is 24.8 Å². The Morgan fingerprint density at radius 1 is 1.30 bits per heavy atom. The molecule has 1 saturated heterocycles. The molecule has 1 heterocycles. The lowest BCUT2D eigenvalue weighted by atomic mass is 10.1. The minimum atomic E-state index is -0.447. The summed E-state index contributed by atoms with van der Waals surface area (Å²) in [5.74, 6) is 0. The molecule has 4 heteroatoms. The highest BCUT2D eigenvalue weighted by Crippen LogP contribution is 2.19. The van der Waals surface area contributed by atoms with Crippen molar-refractivity contribution in [3.8, 4) is 0 Å². The molecule has 1 atom stereocenters. The van der Waals surface area contributed by atoms with E-state index in [-0.39, 0.29) is 12.1 Å². The van der Waals surface area contributed by atoms with Gasteiger partial charge in [0.05, 0.1) is 0 Å². The number of piperidine rings is 1. The number of para-hydroxylation sites is 1. The Morgan fingerprint density at radius 2 is 2.00 bits per heavy atom. The third kappa shape index (κ3) is 4.44. The second-order valence-corrected chi connectivity index (χ2v) is 6.27. The number of nitrogens with one attached hydrogen (secondary N) is 1. The van der Waals surface area contributed by atoms with Gasteiger partial charge in [0.1, 0.15) is 5.60 Å². The molecule has 2 rings (SSSR count). The van der Waals surface area contributed by atoms with Crippen molar-refractivity contribution >= 4 is 11.8 Å². The van der Waals surface area contributed by atoms with Crippen LogP contribution in [0.3, 0.4) is 0 Å². The maximum absolute atomic E-state index is 11.8. The zero-order valence-corrected chi connectivity index (χ0v) is 12.6. The first-order valence-electron chi connectivity index (χ1n) is 7.23. The molecule has 110 valence electrons. The van der Waals surface area contributed by atoms with Crippen LogP contribution in [-0.2, 0) is 4.74 Å². The van der Waals surface area contributed by atoms with Crippen molar-refractivity contribution < 1.29 is 9.53 Å². The van der Waals surface area contributed by atoms with E-state index in [1.54, 1.807) is 0 Å². The summed E-state index contributed by atoms with van der Waals surface area (Å²) in [4.78, 5) is 14.1. The van der Waals surface area contributed by atoms with Crippen LogP contribution >= 0.6 is 0 Å². The van der Waals surface area contributed by atoms with E-state index < -0.39 is 5.60 Å². The van der Waals surface area contributed by atoms with Crippen LogP contribution in [-0.4, -0.2) is 30.8 Å². The first kappa shape index (κ1) is 14.7. The topological polar surface area (TPSA) is 41.6 Å². The molecule has 1 fully saturated rings. The van der Waals surface area contributed by atoms with Gasteiger partial charge in [-0.2, -0.15) is 0 Å². The van der Waals surface area contributed by atoms with Crippen LogP contribution in [0.15, 0.2) is 30.3 Å². The molecule has 20 heavy (non-hydrogen) atoms. The summed E-state index contributed by atoms with van der Waals surface area (Å²) in [6, 6.07) is 10.5. The summed E-state index contributed by atoms with van der Waals surface area (Å²) in [7, 11) is 0. The van der Waals surface area contributed by atoms with Gasteiger partial charge in [0.15, 0.2) is 0 Å². The van der Waals surface area contributed by atoms with Crippen molar-refractivity contribution in [2.24, 2.45) is 0 Å². The van der Waals surface area contributed by atoms with Crippen LogP contribution in [0.1, 0.15) is 33.6 Å². The number of anilines is 1. The number of nitrogens with zero attached hydrogens (tertiary/aromatic N) is 1. The van der Waals surface area contributed by atoms with Crippen LogP contribution in [0.2, 0.25) is 0 Å². The highest BCUT2D eigenvalue weighted by molar-refractivity contribution is 5.68. The smallest absolute Gasteiger partial charge is 0.407 e. The summed E-state index contributed by atoms with van der Waals surface area (Å²) in [6.07, 6.45) is 1.76. The first-order chi connectivity index (χ1) is 9.44. The summed E-state index contributed by atoms with van der Waals surface area (Å²) >= 11 is 0. The van der Waals surface area contributed by atoms with Crippen molar-refractivity contribution in [3.63, 3.8) is 0 Å². The normalized spacial score (nSPS) is 19.6. The molecule has 1 aromatic carbocycles. The lowest BCUT2D eigenvalue weighted by Gasteiger charge is -2.35. The molecule has 1 aromatic rings. The van der Waals surface area contributed by atoms with Crippen molar-refractivity contribution in [2.75, 3.05) is 18.0 Å². The Kier molecular flexibility index (Phi) is 4.53. The average Bonchev–Trinajstić information content (AvgIpc) is 2.38. The maximum atomic E-state index is 11.8. The van der Waals surface area contributed by atoms with Gasteiger partial charge >= 0.3 is 6.09 Å². The zero-order chi connectivity index (χ0) is 14.6. The monoisotopic (exact) mass is 276 g/mol. The predicted molar refractivity (Wildman–Crippen MR) is 81.0 cm³/mol. The fourth-order valence-electron chi connectivity index (χ4n) is 2.44. The van der Waals surface area contributed by atoms with E-state index in [0.717, 1.165) is 25.9 Å². The van der Waals surface area contributed by atoms with Crippen LogP contribution in [0.4, 0.5) is 10.5 Å². The highest BCUT2D eigenvalue weighted by Gasteiger charge is 2.24. The minimum Gasteiger partial charge on any atom is -0.444 e. The van der Waals surface area contributed by atoms with Crippen LogP contribution in [0.5, 0.6) is 0 Å². The Labute approximate surface area is 121 Å². The fraction of sp³-hybridized carbons (Fsp3) is 0.562. The van der Waals surface area contributed by atoms with Gasteiger partial charge in [-0.05, 0) is 45.7 Å². The van der Waals surface area contributed by atoms with Gasteiger partial charge in [0.25, 0.3) is 0 Å². The Bertz CT molecular complexity index is 440. The van der Waals surface area contributed by atoms with Crippen molar-refractivity contribution in [1.29, 1.82) is 0 Å². The van der Waals surface area contributed by atoms with E-state index in [2.05, 4.69) is 22.3 Å². The van der Waals surface area contributed by atoms with E-state index in [0.29, 0.717) is 0 Å². The maximum Gasteiger partial charge on any atom is 0.407 e. The molecule has 0 unspecified atom stereocenters. The SMILES string of the molecule is CC(C)(C)OC(=O)N[C@@H]1CCCN(c2ccccc2)C1. The molecular weight excluding hydrogens is 252 g/mol. The molecule has 4 nitrogen and oxygen atoms in total. The number of rotatable bonds is 2. The molecule has 1 amide bonds. The second-order valence-electron chi connectivity index (χ2n) is 6.27. The standard InChI is InChI=1S/C16H24N2O2/c1-16(2,3)20-15(19)17-13-8-7-11-18(12-13)14-9-5-4-6-10-14/h4-6,9-10,13H,7-8,11-12H2,1-3H3,(H,17,19)/t13-/m1/s1. The number of hydrogen-bond acceptors (Lipinski definition) is 3. The van der Waals surface area contributed by atoms with E-state index in [1.165, 1.54) is 5.69 Å². The van der Waals surface area contributed by atoms with Gasteiger partial charge < -0.3 is 15.0 Å². The molecule has 1 aliphatic rings. The molecule has 0 aromatic heterocycles. The minimum absolute atomic E-state index is 0.152. The van der Waals surface area contributed by atoms with E-state index in [1.807, 2.05) is 39.0 Å². The lowest BCUT2D eigenvalue weighted by molar-refractivity contribution is 0.0500. The quantitative estimate of drug-likeness (QED) is 0.902. The summed E-state index contributed by atoms with van der Waals surface area (Å²) in [5, 5.41) is 2.97. The molecule has 0 spiro atoms. The number of benzene rings is 1. The second kappa shape index (κ2) is 6.16. The van der Waals surface area contributed by atoms with Gasteiger partial charge in [-0.15, -0.1) is 0 Å². The number of hydrogen-bond donors (Lipinski definition) is 1. The number of alkyl carbamates (subject to hydrolysis) is 1. The zero-order valence-electron chi connectivity index (χ0n) is 12.6. The summed E-state index contributed by atoms with van der Waals surface area (Å²) in [6.45, 7) is 7.51. The Balaban J connectivity index is 1.89. The molecule has 1 N–H and O–H groups in total. The summed E-state index contributed by atoms with van der Waals surface area (Å²) in [5.41, 5.74) is 0.765. The van der Waals surface area contributed by atoms with Crippen molar-refractivity contribution in [1.82, 2.24) is 5.32 Å². The molecule has 0 bridgehead atoms. The molecule has 0 aliphatic carbocycles. The average molecular weight is 276 g/mol. The Morgan fingerprint density at radius 3 is 2.65 bits per heavy atom. The lowest BCUT2D eigenvalue weighted by Crippen LogP contribution is -2.49. The predicted octanol–water partition coefficient (Wildman–Crippen LogP) is 3.18. The highest BCUT2D eigenvalue weighted by atomic mass is 16.6. The van der Waals surface area contributed by atoms with E-state index in [4.69, 9.17) is 4.74 Å². The van der Waals surface area contributed by atoms with Crippen LogP contribution < -0.4 is 10.2 Å². The molecule has 0 saturated carbocycles. The Hall–Kier alpha value is -1.71. The fourth-order valence-corrected chi connectivity index (χ4v) is 2.44. The molecular formula is C16H24N2O2. The number of ether oxygens (including phenoxy) is 1. The number of amides is 1. The van der Waals surface area contributed by atoms with Crippen molar-refractivity contribution in [2.45, 2.75) is 45.3 Å². The first-order valence-corrected chi connectivity index (χ1v) is 7.23.